The van der Waals surface area contributed by atoms with Crippen molar-refractivity contribution in [1.82, 2.24) is 4.90 Å². The number of hydrogen-bond acceptors (Lipinski definition) is 3. The predicted molar refractivity (Wildman–Crippen MR) is 72.1 cm³/mol. The Bertz CT molecular complexity index is 235. The summed E-state index contributed by atoms with van der Waals surface area (Å²) in [6, 6.07) is 0.761. The van der Waals surface area contributed by atoms with Crippen molar-refractivity contribution in [3.8, 4) is 0 Å². The zero-order chi connectivity index (χ0) is 12.2. The lowest BCUT2D eigenvalue weighted by atomic mass is 9.92. The van der Waals surface area contributed by atoms with Gasteiger partial charge in [-0.25, -0.2) is 0 Å². The molecule has 94 valence electrons. The number of rotatable bonds is 5. The van der Waals surface area contributed by atoms with E-state index in [0.717, 1.165) is 11.8 Å². The van der Waals surface area contributed by atoms with E-state index in [-0.39, 0.29) is 5.41 Å². The second-order valence-corrected chi connectivity index (χ2v) is 6.90. The fraction of sp³-hybridized carbons (Fsp3) is 0.923. The third kappa shape index (κ3) is 4.46. The second-order valence-electron chi connectivity index (χ2n) is 5.79. The number of nitrogens with zero attached hydrogens (tertiary/aromatic N) is 1. The number of carbonyl (C=O) groups excluding carboxylic acids is 1. The molecule has 1 saturated heterocycles. The summed E-state index contributed by atoms with van der Waals surface area (Å²) in [4.78, 5) is 14.1. The van der Waals surface area contributed by atoms with E-state index in [2.05, 4.69) is 11.9 Å². The first-order valence-corrected chi connectivity index (χ1v) is 7.38. The highest BCUT2D eigenvalue weighted by molar-refractivity contribution is 7.99. The molecule has 3 heteroatoms. The maximum absolute atomic E-state index is 11.7. The van der Waals surface area contributed by atoms with Crippen LogP contribution in [0.25, 0.3) is 0 Å². The van der Waals surface area contributed by atoms with Crippen LogP contribution >= 0.6 is 11.8 Å². The molecule has 0 aromatic carbocycles. The Hall–Kier alpha value is -0.0200. The van der Waals surface area contributed by atoms with Crippen LogP contribution in [-0.2, 0) is 4.79 Å². The molecule has 0 aliphatic carbocycles. The average molecular weight is 243 g/mol. The molecule has 0 amide bonds. The molecule has 1 aliphatic rings. The molecule has 1 fully saturated rings. The molecule has 0 N–H and O–H groups in total. The first-order chi connectivity index (χ1) is 7.41. The van der Waals surface area contributed by atoms with Crippen molar-refractivity contribution in [2.75, 3.05) is 25.1 Å². The van der Waals surface area contributed by atoms with Crippen molar-refractivity contribution in [2.45, 2.75) is 46.1 Å². The fourth-order valence-corrected chi connectivity index (χ4v) is 3.15. The number of likely N-dealkylation sites (tertiary alicyclic amines) is 1. The molecule has 16 heavy (non-hydrogen) atoms. The molecule has 2 nitrogen and oxygen atoms in total. The lowest BCUT2D eigenvalue weighted by Crippen LogP contribution is -2.26. The van der Waals surface area contributed by atoms with Crippen molar-refractivity contribution in [3.05, 3.63) is 0 Å². The quantitative estimate of drug-likeness (QED) is 0.693. The van der Waals surface area contributed by atoms with Crippen LogP contribution in [0.15, 0.2) is 0 Å². The fourth-order valence-electron chi connectivity index (χ4n) is 1.94. The minimum absolute atomic E-state index is 0.169. The van der Waals surface area contributed by atoms with Crippen LogP contribution in [0.5, 0.6) is 0 Å². The summed E-state index contributed by atoms with van der Waals surface area (Å²) >= 11 is 1.80. The van der Waals surface area contributed by atoms with Crippen LogP contribution in [-0.4, -0.2) is 41.8 Å². The number of thioether (sulfide) groups is 1. The first-order valence-electron chi connectivity index (χ1n) is 6.22. The number of ketones is 1. The van der Waals surface area contributed by atoms with E-state index in [1.165, 1.54) is 25.8 Å². The molecule has 1 heterocycles. The van der Waals surface area contributed by atoms with Crippen LogP contribution in [0, 0.1) is 5.41 Å². The van der Waals surface area contributed by atoms with Gasteiger partial charge in [-0.1, -0.05) is 20.8 Å². The van der Waals surface area contributed by atoms with Gasteiger partial charge in [-0.15, -0.1) is 0 Å². The minimum atomic E-state index is -0.169. The largest absolute Gasteiger partial charge is 0.303 e. The Morgan fingerprint density at radius 3 is 2.62 bits per heavy atom. The molecule has 1 rings (SSSR count). The van der Waals surface area contributed by atoms with Gasteiger partial charge in [0.05, 0.1) is 5.75 Å². The van der Waals surface area contributed by atoms with Gasteiger partial charge in [-0.05, 0) is 38.6 Å². The zero-order valence-electron chi connectivity index (χ0n) is 11.1. The van der Waals surface area contributed by atoms with E-state index in [0.29, 0.717) is 11.5 Å². The maximum atomic E-state index is 11.7. The molecule has 0 spiro atoms. The third-order valence-electron chi connectivity index (χ3n) is 3.34. The van der Waals surface area contributed by atoms with E-state index in [1.807, 2.05) is 20.8 Å². The van der Waals surface area contributed by atoms with E-state index in [4.69, 9.17) is 0 Å². The second kappa shape index (κ2) is 6.06. The van der Waals surface area contributed by atoms with Crippen LogP contribution in [0.4, 0.5) is 0 Å². The van der Waals surface area contributed by atoms with Gasteiger partial charge in [0.2, 0.25) is 0 Å². The number of carbonyl (C=O) groups is 1. The van der Waals surface area contributed by atoms with Gasteiger partial charge in [0, 0.05) is 11.5 Å². The van der Waals surface area contributed by atoms with E-state index < -0.39 is 0 Å². The number of Topliss-reactive ketones (excluding diaryl/α,β-unsaturated/α-hetero) is 1. The highest BCUT2D eigenvalue weighted by atomic mass is 32.2. The lowest BCUT2D eigenvalue weighted by Gasteiger charge is -2.19. The highest BCUT2D eigenvalue weighted by Gasteiger charge is 2.22. The van der Waals surface area contributed by atoms with Gasteiger partial charge in [0.25, 0.3) is 0 Å². The van der Waals surface area contributed by atoms with Gasteiger partial charge >= 0.3 is 0 Å². The molecule has 0 bridgehead atoms. The van der Waals surface area contributed by atoms with E-state index in [9.17, 15) is 4.79 Å². The van der Waals surface area contributed by atoms with Crippen molar-refractivity contribution in [1.29, 1.82) is 0 Å². The average Bonchev–Trinajstić information content (AvgIpc) is 2.57. The molecule has 0 radical (unpaired) electrons. The van der Waals surface area contributed by atoms with Crippen molar-refractivity contribution in [2.24, 2.45) is 5.41 Å². The van der Waals surface area contributed by atoms with Gasteiger partial charge in [-0.2, -0.15) is 11.8 Å². The monoisotopic (exact) mass is 243 g/mol. The molecule has 0 aromatic heterocycles. The smallest absolute Gasteiger partial charge is 0.148 e. The van der Waals surface area contributed by atoms with Crippen molar-refractivity contribution < 1.29 is 4.79 Å². The SMILES string of the molecule is CN1CCCC1CCSCC(=O)C(C)(C)C. The Kier molecular flexibility index (Phi) is 5.32. The van der Waals surface area contributed by atoms with Gasteiger partial charge < -0.3 is 4.90 Å². The summed E-state index contributed by atoms with van der Waals surface area (Å²) in [7, 11) is 2.21. The summed E-state index contributed by atoms with van der Waals surface area (Å²) in [5.74, 6) is 2.17. The van der Waals surface area contributed by atoms with Crippen molar-refractivity contribution >= 4 is 17.5 Å². The standard InChI is InChI=1S/C13H25NOS/c1-13(2,3)12(15)10-16-9-7-11-6-5-8-14(11)4/h11H,5-10H2,1-4H3. The normalized spacial score (nSPS) is 22.6. The van der Waals surface area contributed by atoms with Gasteiger partial charge in [0.1, 0.15) is 5.78 Å². The molecular weight excluding hydrogens is 218 g/mol. The zero-order valence-corrected chi connectivity index (χ0v) is 11.9. The Labute approximate surface area is 104 Å². The summed E-state index contributed by atoms with van der Waals surface area (Å²) < 4.78 is 0. The Balaban J connectivity index is 2.10. The van der Waals surface area contributed by atoms with Crippen molar-refractivity contribution in [3.63, 3.8) is 0 Å². The van der Waals surface area contributed by atoms with E-state index >= 15 is 0 Å². The van der Waals surface area contributed by atoms with Crippen LogP contribution in [0.1, 0.15) is 40.0 Å². The summed E-state index contributed by atoms with van der Waals surface area (Å²) in [6.07, 6.45) is 3.91. The molecular formula is C13H25NOS. The number of hydrogen-bond donors (Lipinski definition) is 0. The molecule has 0 saturated carbocycles. The first kappa shape index (κ1) is 14.0. The molecule has 1 unspecified atom stereocenters. The third-order valence-corrected chi connectivity index (χ3v) is 4.33. The molecule has 1 atom stereocenters. The van der Waals surface area contributed by atoms with Crippen LogP contribution < -0.4 is 0 Å². The topological polar surface area (TPSA) is 20.3 Å². The van der Waals surface area contributed by atoms with Gasteiger partial charge in [-0.3, -0.25) is 4.79 Å². The minimum Gasteiger partial charge on any atom is -0.303 e. The summed E-state index contributed by atoms with van der Waals surface area (Å²) in [6.45, 7) is 7.25. The maximum Gasteiger partial charge on any atom is 0.148 e. The Morgan fingerprint density at radius 1 is 1.44 bits per heavy atom. The molecule has 1 aliphatic heterocycles. The molecule has 0 aromatic rings. The van der Waals surface area contributed by atoms with Gasteiger partial charge in [0.15, 0.2) is 0 Å². The van der Waals surface area contributed by atoms with Crippen LogP contribution in [0.2, 0.25) is 0 Å². The van der Waals surface area contributed by atoms with Crippen LogP contribution in [0.3, 0.4) is 0 Å². The summed E-state index contributed by atoms with van der Waals surface area (Å²) in [5.41, 5.74) is -0.169. The Morgan fingerprint density at radius 2 is 2.12 bits per heavy atom. The highest BCUT2D eigenvalue weighted by Crippen LogP contribution is 2.22. The lowest BCUT2D eigenvalue weighted by molar-refractivity contribution is -0.123. The summed E-state index contributed by atoms with van der Waals surface area (Å²) in [5, 5.41) is 0. The van der Waals surface area contributed by atoms with E-state index in [1.54, 1.807) is 11.8 Å². The predicted octanol–water partition coefficient (Wildman–Crippen LogP) is 2.82.